The van der Waals surface area contributed by atoms with E-state index in [2.05, 4.69) is 40.3 Å². The fourth-order valence-corrected chi connectivity index (χ4v) is 5.07. The van der Waals surface area contributed by atoms with Gasteiger partial charge in [-0.3, -0.25) is 9.78 Å². The Labute approximate surface area is 204 Å². The van der Waals surface area contributed by atoms with Crippen LogP contribution in [0.2, 0.25) is 0 Å². The molecule has 0 radical (unpaired) electrons. The van der Waals surface area contributed by atoms with E-state index in [1.807, 2.05) is 25.1 Å². The smallest absolute Gasteiger partial charge is 0.286 e. The molecule has 1 fully saturated rings. The Hall–Kier alpha value is -3.32. The fourth-order valence-electron chi connectivity index (χ4n) is 5.07. The summed E-state index contributed by atoms with van der Waals surface area (Å²) < 4.78 is 33.0. The molecule has 1 saturated heterocycles. The number of morpholine rings is 1. The molecule has 3 aromatic rings. The van der Waals surface area contributed by atoms with Crippen molar-refractivity contribution in [1.29, 1.82) is 0 Å². The Balaban J connectivity index is 1.43. The van der Waals surface area contributed by atoms with E-state index >= 15 is 0 Å². The number of hydrogen-bond donors (Lipinski definition) is 1. The zero-order valence-electron chi connectivity index (χ0n) is 20.1. The van der Waals surface area contributed by atoms with Gasteiger partial charge in [0.15, 0.2) is 0 Å². The predicted octanol–water partition coefficient (Wildman–Crippen LogP) is 5.82. The molecule has 0 aliphatic carbocycles. The molecule has 7 heteroatoms. The van der Waals surface area contributed by atoms with Crippen molar-refractivity contribution in [3.8, 4) is 11.1 Å². The van der Waals surface area contributed by atoms with E-state index < -0.39 is 17.5 Å². The molecule has 0 saturated carbocycles. The first-order valence-electron chi connectivity index (χ1n) is 11.9. The van der Waals surface area contributed by atoms with E-state index in [1.165, 1.54) is 23.5 Å². The van der Waals surface area contributed by atoms with Crippen molar-refractivity contribution >= 4 is 17.3 Å². The highest BCUT2D eigenvalue weighted by molar-refractivity contribution is 6.04. The molecule has 182 valence electrons. The molecule has 1 aromatic heterocycles. The molecule has 2 aromatic carbocycles. The van der Waals surface area contributed by atoms with Gasteiger partial charge < -0.3 is 15.0 Å². The largest absolute Gasteiger partial charge is 0.377 e. The molecule has 1 N–H and O–H groups in total. The van der Waals surface area contributed by atoms with Gasteiger partial charge in [-0.2, -0.15) is 8.78 Å². The van der Waals surface area contributed by atoms with Crippen LogP contribution in [0, 0.1) is 12.8 Å². The third-order valence-corrected chi connectivity index (χ3v) is 7.04. The number of nitrogens with zero attached hydrogens (tertiary/aromatic N) is 2. The molecular weight excluding hydrogens is 448 g/mol. The number of ether oxygens (including phenoxy) is 1. The van der Waals surface area contributed by atoms with Gasteiger partial charge in [0.05, 0.1) is 19.3 Å². The molecule has 35 heavy (non-hydrogen) atoms. The minimum absolute atomic E-state index is 0.139. The summed E-state index contributed by atoms with van der Waals surface area (Å²) in [6, 6.07) is 15.3. The van der Waals surface area contributed by atoms with Gasteiger partial charge in [0.1, 0.15) is 5.69 Å². The number of benzene rings is 2. The molecule has 2 aliphatic heterocycles. The summed E-state index contributed by atoms with van der Waals surface area (Å²) >= 11 is 0. The lowest BCUT2D eigenvalue weighted by Gasteiger charge is -2.45. The second-order valence-corrected chi connectivity index (χ2v) is 9.66. The highest BCUT2D eigenvalue weighted by Crippen LogP contribution is 2.39. The van der Waals surface area contributed by atoms with Gasteiger partial charge >= 0.3 is 0 Å². The van der Waals surface area contributed by atoms with E-state index in [4.69, 9.17) is 4.74 Å². The quantitative estimate of drug-likeness (QED) is 0.515. The van der Waals surface area contributed by atoms with Crippen LogP contribution in [-0.4, -0.2) is 36.7 Å². The van der Waals surface area contributed by atoms with Crippen molar-refractivity contribution in [1.82, 2.24) is 4.98 Å². The molecule has 2 aliphatic rings. The SMILES string of the molecule is Cc1ccc(NC(=O)c2ccnc(C(C)(F)F)c2)cc1-c1ccc2c(c1)N1CCOCC1C(C)C2. The maximum absolute atomic E-state index is 13.7. The van der Waals surface area contributed by atoms with Crippen molar-refractivity contribution < 1.29 is 18.3 Å². The standard InChI is InChI=1S/C28H29F2N3O2/c1-17-4-7-22(32-27(34)21-8-9-31-26(14-21)28(3,29)30)15-23(17)19-5-6-20-12-18(2)25-16-35-11-10-33(25)24(20)13-19/h4-9,13-15,18,25H,10-12,16H2,1-3H3,(H,32,34). The molecule has 0 bridgehead atoms. The number of aromatic nitrogens is 1. The van der Waals surface area contributed by atoms with Crippen molar-refractivity contribution in [2.45, 2.75) is 39.2 Å². The monoisotopic (exact) mass is 477 g/mol. The number of nitrogens with one attached hydrogen (secondary N) is 1. The van der Waals surface area contributed by atoms with Crippen molar-refractivity contribution in [2.24, 2.45) is 5.92 Å². The van der Waals surface area contributed by atoms with Crippen LogP contribution < -0.4 is 10.2 Å². The Morgan fingerprint density at radius 3 is 2.80 bits per heavy atom. The van der Waals surface area contributed by atoms with Gasteiger partial charge in [-0.1, -0.05) is 25.1 Å². The minimum Gasteiger partial charge on any atom is -0.377 e. The van der Waals surface area contributed by atoms with Crippen LogP contribution in [0.3, 0.4) is 0 Å². The van der Waals surface area contributed by atoms with Crippen LogP contribution in [-0.2, 0) is 17.1 Å². The van der Waals surface area contributed by atoms with Crippen LogP contribution in [0.1, 0.15) is 41.0 Å². The zero-order valence-corrected chi connectivity index (χ0v) is 20.1. The summed E-state index contributed by atoms with van der Waals surface area (Å²) in [6.07, 6.45) is 2.26. The Morgan fingerprint density at radius 1 is 1.17 bits per heavy atom. The normalized spacial score (nSPS) is 19.6. The first-order valence-corrected chi connectivity index (χ1v) is 11.9. The summed E-state index contributed by atoms with van der Waals surface area (Å²) in [6.45, 7) is 7.46. The summed E-state index contributed by atoms with van der Waals surface area (Å²) in [7, 11) is 0. The van der Waals surface area contributed by atoms with Crippen LogP contribution in [0.15, 0.2) is 54.7 Å². The average Bonchev–Trinajstić information content (AvgIpc) is 2.85. The third-order valence-electron chi connectivity index (χ3n) is 7.04. The van der Waals surface area contributed by atoms with Crippen LogP contribution in [0.4, 0.5) is 20.2 Å². The van der Waals surface area contributed by atoms with Gasteiger partial charge in [-0.25, -0.2) is 0 Å². The molecule has 3 heterocycles. The summed E-state index contributed by atoms with van der Waals surface area (Å²) in [5.74, 6) is -3.03. The van der Waals surface area contributed by atoms with Crippen molar-refractivity contribution in [3.63, 3.8) is 0 Å². The van der Waals surface area contributed by atoms with Gasteiger partial charge in [0.25, 0.3) is 11.8 Å². The van der Waals surface area contributed by atoms with Gasteiger partial charge in [-0.05, 0) is 71.8 Å². The molecular formula is C28H29F2N3O2. The molecule has 1 amide bonds. The number of anilines is 2. The number of halogens is 2. The van der Waals surface area contributed by atoms with Gasteiger partial charge in [0, 0.05) is 36.6 Å². The number of amides is 1. The summed E-state index contributed by atoms with van der Waals surface area (Å²) in [5, 5.41) is 2.85. The van der Waals surface area contributed by atoms with Crippen molar-refractivity contribution in [3.05, 3.63) is 77.1 Å². The lowest BCUT2D eigenvalue weighted by Crippen LogP contribution is -2.52. The number of carbonyl (C=O) groups is 1. The first-order chi connectivity index (χ1) is 16.7. The Bertz CT molecular complexity index is 1270. The number of rotatable bonds is 4. The predicted molar refractivity (Wildman–Crippen MR) is 133 cm³/mol. The number of carbonyl (C=O) groups excluding carboxylic acids is 1. The number of pyridine rings is 1. The zero-order chi connectivity index (χ0) is 24.7. The highest BCUT2D eigenvalue weighted by Gasteiger charge is 2.34. The highest BCUT2D eigenvalue weighted by atomic mass is 19.3. The second-order valence-electron chi connectivity index (χ2n) is 9.66. The third kappa shape index (κ3) is 4.65. The van der Waals surface area contributed by atoms with E-state index in [0.717, 1.165) is 55.9 Å². The van der Waals surface area contributed by atoms with E-state index in [0.29, 0.717) is 17.6 Å². The minimum atomic E-state index is -3.11. The lowest BCUT2D eigenvalue weighted by atomic mass is 9.85. The summed E-state index contributed by atoms with van der Waals surface area (Å²) in [5.41, 5.74) is 6.10. The van der Waals surface area contributed by atoms with E-state index in [-0.39, 0.29) is 5.56 Å². The van der Waals surface area contributed by atoms with Crippen LogP contribution in [0.25, 0.3) is 11.1 Å². The van der Waals surface area contributed by atoms with Crippen molar-refractivity contribution in [2.75, 3.05) is 30.0 Å². The molecule has 2 atom stereocenters. The molecule has 5 rings (SSSR count). The maximum atomic E-state index is 13.7. The number of hydrogen-bond acceptors (Lipinski definition) is 4. The number of alkyl halides is 2. The summed E-state index contributed by atoms with van der Waals surface area (Å²) in [4.78, 5) is 19.0. The lowest BCUT2D eigenvalue weighted by molar-refractivity contribution is 0.0127. The van der Waals surface area contributed by atoms with E-state index in [9.17, 15) is 13.6 Å². The molecule has 0 spiro atoms. The van der Waals surface area contributed by atoms with Crippen LogP contribution in [0.5, 0.6) is 0 Å². The fraction of sp³-hybridized carbons (Fsp3) is 0.357. The average molecular weight is 478 g/mol. The number of fused-ring (bicyclic) bond motifs is 3. The molecule has 5 nitrogen and oxygen atoms in total. The van der Waals surface area contributed by atoms with Gasteiger partial charge in [-0.15, -0.1) is 0 Å². The molecule has 2 unspecified atom stereocenters. The number of aryl methyl sites for hydroxylation is 1. The Kier molecular flexibility index (Phi) is 6.05. The first kappa shape index (κ1) is 23.4. The Morgan fingerprint density at radius 2 is 2.00 bits per heavy atom. The van der Waals surface area contributed by atoms with Gasteiger partial charge in [0.2, 0.25) is 0 Å². The second kappa shape index (κ2) is 9.04. The topological polar surface area (TPSA) is 54.5 Å². The van der Waals surface area contributed by atoms with Crippen LogP contribution >= 0.6 is 0 Å². The van der Waals surface area contributed by atoms with E-state index in [1.54, 1.807) is 0 Å². The maximum Gasteiger partial charge on any atom is 0.286 e.